The highest BCUT2D eigenvalue weighted by Crippen LogP contribution is 2.49. The van der Waals surface area contributed by atoms with E-state index >= 15 is 0 Å². The molecule has 4 rings (SSSR count). The van der Waals surface area contributed by atoms with Crippen LogP contribution >= 0.6 is 0 Å². The maximum atomic E-state index is 10.1. The quantitative estimate of drug-likeness (QED) is 0.572. The highest BCUT2D eigenvalue weighted by atomic mass is 16.4. The summed E-state index contributed by atoms with van der Waals surface area (Å²) in [6.07, 6.45) is 0. The maximum Gasteiger partial charge on any atom is 0.490 e. The monoisotopic (exact) mass is 385 g/mol. The summed E-state index contributed by atoms with van der Waals surface area (Å²) >= 11 is 0. The summed E-state index contributed by atoms with van der Waals surface area (Å²) in [6.45, 7) is 11.0. The van der Waals surface area contributed by atoms with E-state index in [2.05, 4.69) is 76.3 Å². The molecule has 0 amide bonds. The lowest BCUT2D eigenvalue weighted by Gasteiger charge is -2.23. The Morgan fingerprint density at radius 3 is 2.10 bits per heavy atom. The molecule has 3 N–H and O–H groups in total. The van der Waals surface area contributed by atoms with Gasteiger partial charge in [-0.25, -0.2) is 0 Å². The normalized spacial score (nSPS) is 14.3. The first-order valence-corrected chi connectivity index (χ1v) is 10.1. The van der Waals surface area contributed by atoms with Gasteiger partial charge in [0.15, 0.2) is 0 Å². The lowest BCUT2D eigenvalue weighted by Crippen LogP contribution is -2.32. The summed E-state index contributed by atoms with van der Waals surface area (Å²) in [5, 5.41) is 23.5. The lowest BCUT2D eigenvalue weighted by molar-refractivity contribution is 0.426. The second kappa shape index (κ2) is 6.75. The Bertz CT molecular complexity index is 1060. The fourth-order valence-electron chi connectivity index (χ4n) is 4.30. The van der Waals surface area contributed by atoms with Gasteiger partial charge in [0.25, 0.3) is 0 Å². The zero-order valence-corrected chi connectivity index (χ0v) is 17.7. The molecule has 0 saturated heterocycles. The third-order valence-corrected chi connectivity index (χ3v) is 6.06. The van der Waals surface area contributed by atoms with E-state index in [1.165, 1.54) is 16.7 Å². The van der Waals surface area contributed by atoms with E-state index in [1.807, 2.05) is 24.3 Å². The predicted octanol–water partition coefficient (Wildman–Crippen LogP) is 4.71. The minimum atomic E-state index is -1.55. The number of benzene rings is 3. The van der Waals surface area contributed by atoms with Gasteiger partial charge in [-0.05, 0) is 51.4 Å². The summed E-state index contributed by atoms with van der Waals surface area (Å²) < 4.78 is 0. The molecule has 1 aliphatic rings. The fourth-order valence-corrected chi connectivity index (χ4v) is 4.30. The molecule has 0 aliphatic heterocycles. The van der Waals surface area contributed by atoms with Crippen molar-refractivity contribution in [3.63, 3.8) is 0 Å². The molecule has 0 saturated carbocycles. The molecule has 0 radical (unpaired) electrons. The Kier molecular flexibility index (Phi) is 4.60. The van der Waals surface area contributed by atoms with Gasteiger partial charge in [0.2, 0.25) is 0 Å². The average Bonchev–Trinajstić information content (AvgIpc) is 2.88. The molecule has 3 nitrogen and oxygen atoms in total. The zero-order chi connectivity index (χ0) is 21.0. The van der Waals surface area contributed by atoms with Crippen molar-refractivity contribution in [1.82, 2.24) is 0 Å². The van der Waals surface area contributed by atoms with Crippen LogP contribution in [-0.4, -0.2) is 17.2 Å². The number of fused-ring (bicyclic) bond motifs is 3. The molecule has 3 aromatic carbocycles. The molecule has 4 heteroatoms. The first-order valence-electron chi connectivity index (χ1n) is 10.1. The number of hydrogen-bond acceptors (Lipinski definition) is 3. The molecule has 148 valence electrons. The fraction of sp³-hybridized carbons (Fsp3) is 0.280. The lowest BCUT2D eigenvalue weighted by atomic mass is 9.75. The number of anilines is 2. The van der Waals surface area contributed by atoms with Gasteiger partial charge in [-0.3, -0.25) is 0 Å². The molecule has 0 bridgehead atoms. The van der Waals surface area contributed by atoms with E-state index in [4.69, 9.17) is 0 Å². The first kappa shape index (κ1) is 19.7. The summed E-state index contributed by atoms with van der Waals surface area (Å²) in [7, 11) is -1.55. The van der Waals surface area contributed by atoms with Gasteiger partial charge in [-0.2, -0.15) is 0 Å². The van der Waals surface area contributed by atoms with Crippen LogP contribution in [-0.2, 0) is 10.8 Å². The molecule has 29 heavy (non-hydrogen) atoms. The van der Waals surface area contributed by atoms with Crippen LogP contribution in [0, 0.1) is 0 Å². The van der Waals surface area contributed by atoms with Gasteiger partial charge in [0.1, 0.15) is 0 Å². The van der Waals surface area contributed by atoms with E-state index in [1.54, 1.807) is 0 Å². The minimum Gasteiger partial charge on any atom is -0.423 e. The van der Waals surface area contributed by atoms with Crippen LogP contribution in [0.2, 0.25) is 0 Å². The van der Waals surface area contributed by atoms with E-state index in [9.17, 15) is 10.0 Å². The molecule has 3 aromatic rings. The third kappa shape index (κ3) is 3.37. The minimum absolute atomic E-state index is 0.0916. The highest BCUT2D eigenvalue weighted by Gasteiger charge is 2.36. The first-order chi connectivity index (χ1) is 13.6. The zero-order valence-electron chi connectivity index (χ0n) is 17.7. The van der Waals surface area contributed by atoms with Crippen molar-refractivity contribution in [3.8, 4) is 11.1 Å². The second-order valence-corrected chi connectivity index (χ2v) is 9.48. The molecule has 0 spiro atoms. The van der Waals surface area contributed by atoms with E-state index in [0.29, 0.717) is 5.46 Å². The summed E-state index contributed by atoms with van der Waals surface area (Å²) in [6, 6.07) is 20.7. The Morgan fingerprint density at radius 1 is 0.828 bits per heavy atom. The van der Waals surface area contributed by atoms with Gasteiger partial charge >= 0.3 is 7.12 Å². The second-order valence-electron chi connectivity index (χ2n) is 9.48. The van der Waals surface area contributed by atoms with E-state index in [-0.39, 0.29) is 10.8 Å². The summed E-state index contributed by atoms with van der Waals surface area (Å²) in [4.78, 5) is 0. The Morgan fingerprint density at radius 2 is 1.48 bits per heavy atom. The largest absolute Gasteiger partial charge is 0.490 e. The van der Waals surface area contributed by atoms with E-state index < -0.39 is 7.12 Å². The van der Waals surface area contributed by atoms with Gasteiger partial charge in [0.05, 0.1) is 0 Å². The predicted molar refractivity (Wildman–Crippen MR) is 122 cm³/mol. The van der Waals surface area contributed by atoms with Crippen LogP contribution in [0.3, 0.4) is 0 Å². The van der Waals surface area contributed by atoms with Gasteiger partial charge in [-0.1, -0.05) is 77.1 Å². The molecule has 0 aromatic heterocycles. The summed E-state index contributed by atoms with van der Waals surface area (Å²) in [5.74, 6) is 0. The van der Waals surface area contributed by atoms with Crippen molar-refractivity contribution in [2.24, 2.45) is 0 Å². The molecule has 0 unspecified atom stereocenters. The van der Waals surface area contributed by atoms with Crippen LogP contribution in [0.15, 0.2) is 60.7 Å². The van der Waals surface area contributed by atoms with Crippen molar-refractivity contribution in [2.75, 3.05) is 5.32 Å². The van der Waals surface area contributed by atoms with E-state index in [0.717, 1.165) is 22.5 Å². The van der Waals surface area contributed by atoms with Gasteiger partial charge in [-0.15, -0.1) is 0 Å². The molecular weight excluding hydrogens is 357 g/mol. The van der Waals surface area contributed by atoms with Crippen molar-refractivity contribution in [3.05, 3.63) is 77.4 Å². The molecule has 0 fully saturated rings. The van der Waals surface area contributed by atoms with Crippen molar-refractivity contribution in [2.45, 2.75) is 45.4 Å². The average molecular weight is 385 g/mol. The number of hydrogen-bond donors (Lipinski definition) is 3. The van der Waals surface area contributed by atoms with Crippen LogP contribution in [0.25, 0.3) is 11.1 Å². The van der Waals surface area contributed by atoms with Crippen molar-refractivity contribution < 1.29 is 10.0 Å². The van der Waals surface area contributed by atoms with Crippen molar-refractivity contribution in [1.29, 1.82) is 0 Å². The van der Waals surface area contributed by atoms with Gasteiger partial charge < -0.3 is 15.4 Å². The Hall–Kier alpha value is -2.56. The molecule has 0 atom stereocenters. The SMILES string of the molecule is CC(C)(C)c1ccc(Nc2cc3c(cc2B(O)O)-c2ccccc2C3(C)C)cc1. The topological polar surface area (TPSA) is 52.5 Å². The van der Waals surface area contributed by atoms with Crippen LogP contribution in [0.5, 0.6) is 0 Å². The Labute approximate surface area is 173 Å². The van der Waals surface area contributed by atoms with Gasteiger partial charge in [0, 0.05) is 22.3 Å². The van der Waals surface area contributed by atoms with Crippen LogP contribution in [0.1, 0.15) is 51.3 Å². The van der Waals surface area contributed by atoms with Crippen molar-refractivity contribution >= 4 is 24.0 Å². The number of rotatable bonds is 3. The highest BCUT2D eigenvalue weighted by molar-refractivity contribution is 6.60. The molecule has 0 heterocycles. The number of nitrogens with one attached hydrogen (secondary N) is 1. The summed E-state index contributed by atoms with van der Waals surface area (Å²) in [5.41, 5.74) is 8.03. The van der Waals surface area contributed by atoms with Crippen LogP contribution in [0.4, 0.5) is 11.4 Å². The standard InChI is InChI=1S/C25H28BNO2/c1-24(2,3)16-10-12-17(13-11-16)27-23-15-21-19(14-22(23)26(28)29)18-8-6-7-9-20(18)25(21,4)5/h6-15,27-29H,1-5H3. The van der Waals surface area contributed by atoms with Crippen LogP contribution < -0.4 is 10.8 Å². The third-order valence-electron chi connectivity index (χ3n) is 6.06. The maximum absolute atomic E-state index is 10.1. The Balaban J connectivity index is 1.79. The smallest absolute Gasteiger partial charge is 0.423 e. The molecule has 1 aliphatic carbocycles. The molecular formula is C25H28BNO2.